The van der Waals surface area contributed by atoms with Crippen molar-refractivity contribution < 1.29 is 123 Å². The summed E-state index contributed by atoms with van der Waals surface area (Å²) in [6, 6.07) is -4.25. The maximum absolute atomic E-state index is 12.5. The lowest BCUT2D eigenvalue weighted by Crippen LogP contribution is -2.70. The fourth-order valence-electron chi connectivity index (χ4n) is 8.63. The molecule has 5 aliphatic heterocycles. The summed E-state index contributed by atoms with van der Waals surface area (Å²) in [5, 5.41) is 148. The zero-order valence-electron chi connectivity index (χ0n) is 36.4. The number of aliphatic hydroxyl groups excluding tert-OH is 13. The third kappa shape index (κ3) is 12.1. The van der Waals surface area contributed by atoms with E-state index in [-0.39, 0.29) is 0 Å². The van der Waals surface area contributed by atoms with Crippen LogP contribution in [0.25, 0.3) is 0 Å². The summed E-state index contributed by atoms with van der Waals surface area (Å²) in [6.45, 7) is 0.0585. The summed E-state index contributed by atoms with van der Waals surface area (Å²) in [7, 11) is 0. The summed E-state index contributed by atoms with van der Waals surface area (Å²) in [4.78, 5) is 36.5. The molecule has 5 rings (SSSR count). The van der Waals surface area contributed by atoms with Gasteiger partial charge in [-0.1, -0.05) is 0 Å². The molecule has 382 valence electrons. The smallest absolute Gasteiger partial charge is 0.217 e. The Kier molecular flexibility index (Phi) is 19.7. The molecular formula is C38H65N3O25. The molecule has 28 nitrogen and oxygen atoms in total. The van der Waals surface area contributed by atoms with Gasteiger partial charge in [0, 0.05) is 26.7 Å². The number of carbonyl (C=O) groups is 3. The minimum Gasteiger partial charge on any atom is -0.396 e. The highest BCUT2D eigenvalue weighted by atomic mass is 16.8. The fourth-order valence-corrected chi connectivity index (χ4v) is 8.63. The van der Waals surface area contributed by atoms with Crippen LogP contribution in [0.2, 0.25) is 0 Å². The van der Waals surface area contributed by atoms with Gasteiger partial charge in [-0.15, -0.1) is 0 Å². The second-order valence-corrected chi connectivity index (χ2v) is 16.9. The molecule has 0 radical (unpaired) electrons. The maximum atomic E-state index is 12.5. The first-order valence-electron chi connectivity index (χ1n) is 21.4. The van der Waals surface area contributed by atoms with Crippen LogP contribution in [0.1, 0.15) is 27.7 Å². The van der Waals surface area contributed by atoms with Gasteiger partial charge in [0.15, 0.2) is 25.2 Å². The van der Waals surface area contributed by atoms with Crippen molar-refractivity contribution in [3.05, 3.63) is 0 Å². The second-order valence-electron chi connectivity index (χ2n) is 16.9. The summed E-state index contributed by atoms with van der Waals surface area (Å²) in [5.41, 5.74) is 0. The molecule has 25 atom stereocenters. The first-order valence-corrected chi connectivity index (χ1v) is 21.4. The van der Waals surface area contributed by atoms with Crippen LogP contribution in [-0.4, -0.2) is 271 Å². The lowest BCUT2D eigenvalue weighted by Gasteiger charge is -2.50. The van der Waals surface area contributed by atoms with Crippen molar-refractivity contribution in [3.8, 4) is 0 Å². The lowest BCUT2D eigenvalue weighted by atomic mass is 9.92. The number of ether oxygens (including phenoxy) is 9. The Bertz CT molecular complexity index is 1580. The van der Waals surface area contributed by atoms with Crippen LogP contribution in [0, 0.1) is 5.92 Å². The van der Waals surface area contributed by atoms with Gasteiger partial charge in [-0.3, -0.25) is 14.4 Å². The minimum absolute atomic E-state index is 0.529. The fraction of sp³-hybridized carbons (Fsp3) is 0.921. The van der Waals surface area contributed by atoms with E-state index in [1.807, 2.05) is 0 Å². The quantitative estimate of drug-likeness (QED) is 0.0683. The van der Waals surface area contributed by atoms with Crippen molar-refractivity contribution in [2.24, 2.45) is 5.92 Å². The Hall–Kier alpha value is -2.47. The number of nitrogens with one attached hydrogen (secondary N) is 3. The number of rotatable bonds is 16. The van der Waals surface area contributed by atoms with Gasteiger partial charge in [0.2, 0.25) is 17.7 Å². The van der Waals surface area contributed by atoms with Crippen LogP contribution in [-0.2, 0) is 57.0 Å². The summed E-state index contributed by atoms with van der Waals surface area (Å²) >= 11 is 0. The van der Waals surface area contributed by atoms with Gasteiger partial charge in [0.25, 0.3) is 0 Å². The summed E-state index contributed by atoms with van der Waals surface area (Å²) < 4.78 is 52.8. The standard InChI is InChI=1S/C38H65N3O25/c1-11-20(39-12(2)47)27(54)31(18(8-45)59-11)63-36-22(41-14(4)49)28(55)32(19(9-46)62-36)64-37-30(57)33(25(52)17(7-44)61-37)65-38-34(29(56)23(50)15(5-42)10-58-38)66-35-21(40-13(3)48)26(53)24(51)16(6-43)60-35/h11,15-38,42-46,50-57H,5-10H2,1-4H3,(H,39,47)(H,40,48)(H,41,49)/t11-,15?,16?,17?,18?,19?,20?,21?,22?,23+,24+,25+,26?,27?,28?,29?,30?,31+,32+,33?,34?,35-,36-,37-,38?/m0/s1. The summed E-state index contributed by atoms with van der Waals surface area (Å²) in [5.74, 6) is -3.23. The molecule has 16 N–H and O–H groups in total. The maximum Gasteiger partial charge on any atom is 0.217 e. The molecule has 5 aliphatic rings. The average Bonchev–Trinajstić information content (AvgIpc) is 3.37. The zero-order chi connectivity index (χ0) is 48.9. The first-order chi connectivity index (χ1) is 31.2. The van der Waals surface area contributed by atoms with Crippen molar-refractivity contribution in [1.82, 2.24) is 16.0 Å². The molecule has 0 saturated carbocycles. The van der Waals surface area contributed by atoms with Gasteiger partial charge < -0.3 is 125 Å². The molecule has 5 saturated heterocycles. The van der Waals surface area contributed by atoms with Crippen molar-refractivity contribution in [2.75, 3.05) is 39.6 Å². The average molecular weight is 964 g/mol. The second kappa shape index (κ2) is 23.9. The van der Waals surface area contributed by atoms with Crippen molar-refractivity contribution in [2.45, 2.75) is 175 Å². The monoisotopic (exact) mass is 963 g/mol. The van der Waals surface area contributed by atoms with E-state index in [0.717, 1.165) is 13.8 Å². The van der Waals surface area contributed by atoms with Crippen LogP contribution < -0.4 is 16.0 Å². The summed E-state index contributed by atoms with van der Waals surface area (Å²) in [6.07, 6.45) is -36.7. The number of hydrogen-bond acceptors (Lipinski definition) is 25. The van der Waals surface area contributed by atoms with E-state index in [2.05, 4.69) is 16.0 Å². The van der Waals surface area contributed by atoms with Gasteiger partial charge in [-0.05, 0) is 6.92 Å². The molecule has 0 aromatic carbocycles. The van der Waals surface area contributed by atoms with E-state index in [9.17, 15) is 80.8 Å². The molecule has 0 aromatic heterocycles. The van der Waals surface area contributed by atoms with Gasteiger partial charge in [-0.25, -0.2) is 0 Å². The first kappa shape index (κ1) is 54.5. The number of amides is 3. The van der Waals surface area contributed by atoms with Gasteiger partial charge >= 0.3 is 0 Å². The van der Waals surface area contributed by atoms with E-state index in [0.29, 0.717) is 0 Å². The molecular weight excluding hydrogens is 898 g/mol. The molecule has 0 aliphatic carbocycles. The SMILES string of the molecule is CC(=O)NC1C(O)[C@H](O)C(CO)O[C@H]1OC1C(OC2C(O)[C@H](O[C@@H]3C(CO)O[C@@H](O[C@@H]4C(CO)O[C@@H](C)C(NC(C)=O)C4O)C(NC(C)=O)C3O)OC(CO)[C@H]2O)OCC(CO)[C@@H](O)C1O. The predicted molar refractivity (Wildman–Crippen MR) is 209 cm³/mol. The van der Waals surface area contributed by atoms with Crippen LogP contribution in [0.15, 0.2) is 0 Å². The molecule has 28 heteroatoms. The molecule has 5 fully saturated rings. The van der Waals surface area contributed by atoms with Gasteiger partial charge in [-0.2, -0.15) is 0 Å². The molecule has 5 heterocycles. The van der Waals surface area contributed by atoms with Crippen LogP contribution in [0.4, 0.5) is 0 Å². The van der Waals surface area contributed by atoms with E-state index in [1.54, 1.807) is 0 Å². The van der Waals surface area contributed by atoms with Crippen molar-refractivity contribution >= 4 is 17.7 Å². The third-order valence-corrected chi connectivity index (χ3v) is 12.1. The van der Waals surface area contributed by atoms with Gasteiger partial charge in [0.1, 0.15) is 104 Å². The molecule has 0 aromatic rings. The molecule has 3 amide bonds. The minimum atomic E-state index is -2.16. The Balaban J connectivity index is 1.42. The molecule has 66 heavy (non-hydrogen) atoms. The highest BCUT2D eigenvalue weighted by Gasteiger charge is 2.56. The highest BCUT2D eigenvalue weighted by Crippen LogP contribution is 2.36. The van der Waals surface area contributed by atoms with Crippen LogP contribution >= 0.6 is 0 Å². The Morgan fingerprint density at radius 3 is 1.39 bits per heavy atom. The molecule has 0 spiro atoms. The van der Waals surface area contributed by atoms with Crippen LogP contribution in [0.5, 0.6) is 0 Å². The molecule has 16 unspecified atom stereocenters. The largest absolute Gasteiger partial charge is 0.396 e. The highest BCUT2D eigenvalue weighted by molar-refractivity contribution is 5.74. The van der Waals surface area contributed by atoms with E-state index in [1.165, 1.54) is 13.8 Å². The van der Waals surface area contributed by atoms with E-state index in [4.69, 9.17) is 42.6 Å². The topological polar surface area (TPSA) is 433 Å². The normalized spacial score (nSPS) is 46.8. The molecule has 0 bridgehead atoms. The van der Waals surface area contributed by atoms with Crippen molar-refractivity contribution in [1.29, 1.82) is 0 Å². The van der Waals surface area contributed by atoms with Crippen molar-refractivity contribution in [3.63, 3.8) is 0 Å². The number of hydrogen-bond donors (Lipinski definition) is 16. The van der Waals surface area contributed by atoms with E-state index < -0.39 is 210 Å². The lowest BCUT2D eigenvalue weighted by molar-refractivity contribution is -0.374. The third-order valence-electron chi connectivity index (χ3n) is 12.1. The Morgan fingerprint density at radius 2 is 0.864 bits per heavy atom. The predicted octanol–water partition coefficient (Wildman–Crippen LogP) is -10.2. The Morgan fingerprint density at radius 1 is 0.439 bits per heavy atom. The van der Waals surface area contributed by atoms with Gasteiger partial charge in [0.05, 0.1) is 57.9 Å². The number of carbonyl (C=O) groups excluding carboxylic acids is 3. The number of aliphatic hydroxyl groups is 13. The van der Waals surface area contributed by atoms with Crippen LogP contribution in [0.3, 0.4) is 0 Å². The Labute approximate surface area is 377 Å². The van der Waals surface area contributed by atoms with E-state index >= 15 is 0 Å². The zero-order valence-corrected chi connectivity index (χ0v) is 36.4.